The number of carbonyl (C=O) groups excluding carboxylic acids is 1. The van der Waals surface area contributed by atoms with E-state index >= 15 is 0 Å². The van der Waals surface area contributed by atoms with Crippen molar-refractivity contribution in [2.24, 2.45) is 0 Å². The molecule has 2 aromatic heterocycles. The van der Waals surface area contributed by atoms with E-state index in [0.29, 0.717) is 11.7 Å². The Hall–Kier alpha value is -3.52. The van der Waals surface area contributed by atoms with Crippen LogP contribution in [0.1, 0.15) is 16.1 Å². The highest BCUT2D eigenvalue weighted by Crippen LogP contribution is 2.29. The second-order valence-electron chi connectivity index (χ2n) is 6.01. The summed E-state index contributed by atoms with van der Waals surface area (Å²) in [4.78, 5) is 29.1. The van der Waals surface area contributed by atoms with Crippen LogP contribution in [-0.2, 0) is 6.54 Å². The van der Waals surface area contributed by atoms with Crippen molar-refractivity contribution < 1.29 is 9.53 Å². The van der Waals surface area contributed by atoms with Gasteiger partial charge in [0.1, 0.15) is 11.4 Å². The number of nitrogens with one attached hydrogen (secondary N) is 1. The summed E-state index contributed by atoms with van der Waals surface area (Å²) in [5.41, 5.74) is 1.57. The van der Waals surface area contributed by atoms with E-state index in [4.69, 9.17) is 4.74 Å². The number of methoxy groups -OCH3 is 1. The van der Waals surface area contributed by atoms with Crippen LogP contribution in [0.4, 0.5) is 5.13 Å². The minimum absolute atomic E-state index is 0.146. The zero-order valence-electron chi connectivity index (χ0n) is 15.0. The van der Waals surface area contributed by atoms with E-state index in [1.54, 1.807) is 7.11 Å². The molecule has 0 radical (unpaired) electrons. The smallest absolute Gasteiger partial charge is 0.277 e. The molecule has 1 N–H and O–H groups in total. The van der Waals surface area contributed by atoms with Gasteiger partial charge in [0.2, 0.25) is 0 Å². The first-order chi connectivity index (χ1) is 13.6. The number of ether oxygens (including phenoxy) is 1. The first-order valence-electron chi connectivity index (χ1n) is 8.50. The molecule has 0 saturated carbocycles. The van der Waals surface area contributed by atoms with Crippen LogP contribution in [0.5, 0.6) is 5.75 Å². The third kappa shape index (κ3) is 3.77. The van der Waals surface area contributed by atoms with Gasteiger partial charge in [-0.1, -0.05) is 41.7 Å². The number of anilines is 1. The van der Waals surface area contributed by atoms with Crippen LogP contribution in [-0.4, -0.2) is 27.8 Å². The molecule has 8 heteroatoms. The zero-order chi connectivity index (χ0) is 19.5. The van der Waals surface area contributed by atoms with E-state index in [1.807, 2.05) is 48.5 Å². The number of hydrogen-bond acceptors (Lipinski definition) is 6. The summed E-state index contributed by atoms with van der Waals surface area (Å²) in [5.74, 6) is 0.302. The van der Waals surface area contributed by atoms with Crippen molar-refractivity contribution >= 4 is 32.6 Å². The van der Waals surface area contributed by atoms with E-state index in [2.05, 4.69) is 15.4 Å². The molecule has 4 rings (SSSR count). The standard InChI is InChI=1S/C20H16N4O3S/c1-27-14-7-8-15-17(11-14)28-20(21-15)22-19(26)16-9-10-18(25)24(23-16)12-13-5-3-2-4-6-13/h2-11H,12H2,1H3,(H,21,22,26). The van der Waals surface area contributed by atoms with Crippen LogP contribution in [0.15, 0.2) is 65.5 Å². The molecule has 0 aliphatic rings. The van der Waals surface area contributed by atoms with E-state index in [9.17, 15) is 9.59 Å². The summed E-state index contributed by atoms with van der Waals surface area (Å²) in [6.45, 7) is 0.293. The van der Waals surface area contributed by atoms with Gasteiger partial charge in [0.05, 0.1) is 23.9 Å². The monoisotopic (exact) mass is 392 g/mol. The number of aromatic nitrogens is 3. The van der Waals surface area contributed by atoms with Gasteiger partial charge in [0.25, 0.3) is 11.5 Å². The lowest BCUT2D eigenvalue weighted by molar-refractivity contribution is 0.102. The Morgan fingerprint density at radius 3 is 2.75 bits per heavy atom. The van der Waals surface area contributed by atoms with Crippen LogP contribution in [0.25, 0.3) is 10.2 Å². The number of thiazole rings is 1. The highest BCUT2D eigenvalue weighted by atomic mass is 32.1. The quantitative estimate of drug-likeness (QED) is 0.564. The molecule has 0 spiro atoms. The fraction of sp³-hybridized carbons (Fsp3) is 0.100. The van der Waals surface area contributed by atoms with Crippen LogP contribution in [0.3, 0.4) is 0 Å². The molecule has 0 aliphatic carbocycles. The van der Waals surface area contributed by atoms with Crippen molar-refractivity contribution in [3.8, 4) is 5.75 Å². The van der Waals surface area contributed by atoms with E-state index < -0.39 is 5.91 Å². The predicted molar refractivity (Wildman–Crippen MR) is 108 cm³/mol. The molecule has 140 valence electrons. The molecule has 28 heavy (non-hydrogen) atoms. The Morgan fingerprint density at radius 2 is 1.96 bits per heavy atom. The van der Waals surface area contributed by atoms with Crippen LogP contribution in [0, 0.1) is 0 Å². The fourth-order valence-corrected chi connectivity index (χ4v) is 3.58. The molecule has 0 saturated heterocycles. The van der Waals surface area contributed by atoms with Crippen molar-refractivity contribution in [3.05, 3.63) is 82.3 Å². The van der Waals surface area contributed by atoms with E-state index in [0.717, 1.165) is 21.5 Å². The minimum Gasteiger partial charge on any atom is -0.497 e. The second kappa shape index (κ2) is 7.61. The fourth-order valence-electron chi connectivity index (χ4n) is 2.69. The SMILES string of the molecule is COc1ccc2nc(NC(=O)c3ccc(=O)n(Cc4ccccc4)n3)sc2c1. The second-order valence-corrected chi connectivity index (χ2v) is 7.04. The van der Waals surface area contributed by atoms with Crippen molar-refractivity contribution in [3.63, 3.8) is 0 Å². The molecule has 0 unspecified atom stereocenters. The Labute approximate surface area is 164 Å². The van der Waals surface area contributed by atoms with Gasteiger partial charge in [-0.3, -0.25) is 14.9 Å². The van der Waals surface area contributed by atoms with Gasteiger partial charge in [-0.15, -0.1) is 0 Å². The minimum atomic E-state index is -0.423. The average Bonchev–Trinajstić information content (AvgIpc) is 3.11. The molecule has 0 aliphatic heterocycles. The number of rotatable bonds is 5. The lowest BCUT2D eigenvalue weighted by Crippen LogP contribution is -2.26. The Morgan fingerprint density at radius 1 is 1.14 bits per heavy atom. The van der Waals surface area contributed by atoms with Gasteiger partial charge >= 0.3 is 0 Å². The number of fused-ring (bicyclic) bond motifs is 1. The largest absolute Gasteiger partial charge is 0.497 e. The summed E-state index contributed by atoms with van der Waals surface area (Å²) >= 11 is 1.34. The first kappa shape index (κ1) is 17.9. The molecular formula is C20H16N4O3S. The predicted octanol–water partition coefficient (Wildman–Crippen LogP) is 3.16. The lowest BCUT2D eigenvalue weighted by atomic mass is 10.2. The van der Waals surface area contributed by atoms with Gasteiger partial charge in [0.15, 0.2) is 5.13 Å². The third-order valence-corrected chi connectivity index (χ3v) is 5.02. The Bertz CT molecular complexity index is 1200. The highest BCUT2D eigenvalue weighted by Gasteiger charge is 2.13. The summed E-state index contributed by atoms with van der Waals surface area (Å²) in [5, 5.41) is 7.39. The highest BCUT2D eigenvalue weighted by molar-refractivity contribution is 7.22. The molecule has 2 aromatic carbocycles. The van der Waals surface area contributed by atoms with E-state index in [-0.39, 0.29) is 11.3 Å². The van der Waals surface area contributed by atoms with Crippen LogP contribution < -0.4 is 15.6 Å². The summed E-state index contributed by atoms with van der Waals surface area (Å²) < 4.78 is 7.38. The van der Waals surface area contributed by atoms with Crippen molar-refractivity contribution in [1.29, 1.82) is 0 Å². The average molecular weight is 392 g/mol. The zero-order valence-corrected chi connectivity index (χ0v) is 15.8. The van der Waals surface area contributed by atoms with Crippen molar-refractivity contribution in [2.45, 2.75) is 6.54 Å². The molecule has 0 bridgehead atoms. The molecule has 1 amide bonds. The van der Waals surface area contributed by atoms with Crippen molar-refractivity contribution in [2.75, 3.05) is 12.4 Å². The molecule has 0 atom stereocenters. The maximum atomic E-state index is 12.6. The lowest BCUT2D eigenvalue weighted by Gasteiger charge is -2.07. The Kier molecular flexibility index (Phi) is 4.86. The summed E-state index contributed by atoms with van der Waals surface area (Å²) in [7, 11) is 1.60. The molecule has 7 nitrogen and oxygen atoms in total. The number of nitrogens with zero attached hydrogens (tertiary/aromatic N) is 3. The number of benzene rings is 2. The van der Waals surface area contributed by atoms with Crippen LogP contribution >= 0.6 is 11.3 Å². The van der Waals surface area contributed by atoms with Gasteiger partial charge in [-0.25, -0.2) is 9.67 Å². The number of hydrogen-bond donors (Lipinski definition) is 1. The molecule has 2 heterocycles. The maximum absolute atomic E-state index is 12.6. The normalized spacial score (nSPS) is 10.8. The maximum Gasteiger partial charge on any atom is 0.277 e. The van der Waals surface area contributed by atoms with Gasteiger partial charge in [0, 0.05) is 6.07 Å². The molecule has 0 fully saturated rings. The van der Waals surface area contributed by atoms with Crippen molar-refractivity contribution in [1.82, 2.24) is 14.8 Å². The van der Waals surface area contributed by atoms with Gasteiger partial charge in [-0.05, 0) is 29.8 Å². The van der Waals surface area contributed by atoms with Gasteiger partial charge in [-0.2, -0.15) is 5.10 Å². The van der Waals surface area contributed by atoms with E-state index in [1.165, 1.54) is 28.2 Å². The number of carbonyl (C=O) groups is 1. The van der Waals surface area contributed by atoms with Crippen LogP contribution in [0.2, 0.25) is 0 Å². The molecule has 4 aromatic rings. The first-order valence-corrected chi connectivity index (χ1v) is 9.32. The topological polar surface area (TPSA) is 86.1 Å². The number of amides is 1. The Balaban J connectivity index is 1.56. The van der Waals surface area contributed by atoms with Gasteiger partial charge < -0.3 is 4.74 Å². The molecular weight excluding hydrogens is 376 g/mol. The third-order valence-electron chi connectivity index (χ3n) is 4.09. The summed E-state index contributed by atoms with van der Waals surface area (Å²) in [6.07, 6.45) is 0. The summed E-state index contributed by atoms with van der Waals surface area (Å²) in [6, 6.07) is 17.7.